The lowest BCUT2D eigenvalue weighted by molar-refractivity contribution is 0.103. The van der Waals surface area contributed by atoms with Crippen LogP contribution < -0.4 is 5.73 Å². The summed E-state index contributed by atoms with van der Waals surface area (Å²) in [6.45, 7) is 2.69. The normalized spacial score (nSPS) is 12.1. The molecule has 2 rings (SSSR count). The average molecular weight is 239 g/mol. The lowest BCUT2D eigenvalue weighted by atomic mass is 9.97. The molecule has 0 saturated carbocycles. The second-order valence-electron chi connectivity index (χ2n) is 4.45. The highest BCUT2D eigenvalue weighted by molar-refractivity contribution is 6.08. The third kappa shape index (κ3) is 2.66. The molecule has 0 aliphatic rings. The van der Waals surface area contributed by atoms with Crippen molar-refractivity contribution in [3.05, 3.63) is 71.3 Å². The first kappa shape index (κ1) is 12.5. The van der Waals surface area contributed by atoms with E-state index in [4.69, 9.17) is 5.73 Å². The van der Waals surface area contributed by atoms with E-state index in [0.717, 1.165) is 5.56 Å². The molecule has 2 aromatic carbocycles. The fraction of sp³-hybridized carbons (Fsp3) is 0.188. The van der Waals surface area contributed by atoms with E-state index in [0.29, 0.717) is 18.0 Å². The molecule has 0 aromatic heterocycles. The van der Waals surface area contributed by atoms with E-state index in [9.17, 15) is 4.79 Å². The van der Waals surface area contributed by atoms with Crippen LogP contribution in [-0.4, -0.2) is 12.3 Å². The number of carbonyl (C=O) groups is 1. The summed E-state index contributed by atoms with van der Waals surface area (Å²) in [5.74, 6) is 0.383. The largest absolute Gasteiger partial charge is 0.330 e. The number of hydrogen-bond donors (Lipinski definition) is 1. The predicted molar refractivity (Wildman–Crippen MR) is 73.8 cm³/mol. The fourth-order valence-corrected chi connectivity index (χ4v) is 1.86. The molecular formula is C16H17NO. The van der Waals surface area contributed by atoms with Gasteiger partial charge in [0.1, 0.15) is 0 Å². The number of rotatable bonds is 4. The van der Waals surface area contributed by atoms with Crippen LogP contribution in [0, 0.1) is 0 Å². The monoisotopic (exact) mass is 239 g/mol. The van der Waals surface area contributed by atoms with Gasteiger partial charge in [0.2, 0.25) is 0 Å². The Labute approximate surface area is 107 Å². The zero-order valence-electron chi connectivity index (χ0n) is 10.5. The maximum Gasteiger partial charge on any atom is 0.193 e. The number of benzene rings is 2. The van der Waals surface area contributed by atoms with Crippen molar-refractivity contribution in [2.24, 2.45) is 5.73 Å². The minimum atomic E-state index is 0.0579. The van der Waals surface area contributed by atoms with Crippen molar-refractivity contribution >= 4 is 5.78 Å². The third-order valence-corrected chi connectivity index (χ3v) is 3.13. The van der Waals surface area contributed by atoms with Crippen LogP contribution >= 0.6 is 0 Å². The molecule has 18 heavy (non-hydrogen) atoms. The van der Waals surface area contributed by atoms with Crippen molar-refractivity contribution in [2.45, 2.75) is 12.8 Å². The summed E-state index contributed by atoms with van der Waals surface area (Å²) in [6.07, 6.45) is 0. The molecule has 2 aromatic rings. The highest BCUT2D eigenvalue weighted by Crippen LogP contribution is 2.16. The minimum absolute atomic E-state index is 0.0579. The third-order valence-electron chi connectivity index (χ3n) is 3.13. The summed E-state index contributed by atoms with van der Waals surface area (Å²) in [6, 6.07) is 17.0. The SMILES string of the molecule is CC(CN)c1ccc(C(=O)c2ccccc2)cc1. The molecule has 0 bridgehead atoms. The van der Waals surface area contributed by atoms with Gasteiger partial charge in [-0.1, -0.05) is 61.5 Å². The van der Waals surface area contributed by atoms with Gasteiger partial charge in [-0.25, -0.2) is 0 Å². The lowest BCUT2D eigenvalue weighted by Gasteiger charge is -2.09. The Bertz CT molecular complexity index is 517. The van der Waals surface area contributed by atoms with E-state index >= 15 is 0 Å². The van der Waals surface area contributed by atoms with Crippen molar-refractivity contribution in [1.29, 1.82) is 0 Å². The van der Waals surface area contributed by atoms with Crippen LogP contribution in [0.15, 0.2) is 54.6 Å². The quantitative estimate of drug-likeness (QED) is 0.833. The van der Waals surface area contributed by atoms with E-state index in [2.05, 4.69) is 6.92 Å². The van der Waals surface area contributed by atoms with E-state index in [-0.39, 0.29) is 5.78 Å². The van der Waals surface area contributed by atoms with Gasteiger partial charge in [-0.15, -0.1) is 0 Å². The summed E-state index contributed by atoms with van der Waals surface area (Å²) >= 11 is 0. The summed E-state index contributed by atoms with van der Waals surface area (Å²) < 4.78 is 0. The van der Waals surface area contributed by atoms with E-state index in [1.807, 2.05) is 54.6 Å². The molecule has 0 spiro atoms. The van der Waals surface area contributed by atoms with E-state index in [1.165, 1.54) is 5.56 Å². The van der Waals surface area contributed by atoms with Crippen molar-refractivity contribution in [2.75, 3.05) is 6.54 Å². The van der Waals surface area contributed by atoms with Crippen LogP contribution in [-0.2, 0) is 0 Å². The van der Waals surface area contributed by atoms with E-state index < -0.39 is 0 Å². The Morgan fingerprint density at radius 3 is 2.11 bits per heavy atom. The first-order valence-electron chi connectivity index (χ1n) is 6.12. The molecule has 1 atom stereocenters. The summed E-state index contributed by atoms with van der Waals surface area (Å²) in [7, 11) is 0. The number of carbonyl (C=O) groups excluding carboxylic acids is 1. The second kappa shape index (κ2) is 5.61. The molecule has 0 saturated heterocycles. The second-order valence-corrected chi connectivity index (χ2v) is 4.45. The highest BCUT2D eigenvalue weighted by atomic mass is 16.1. The molecule has 0 fully saturated rings. The Morgan fingerprint density at radius 1 is 1.00 bits per heavy atom. The zero-order chi connectivity index (χ0) is 13.0. The number of nitrogens with two attached hydrogens (primary N) is 1. The van der Waals surface area contributed by atoms with Gasteiger partial charge in [0.05, 0.1) is 0 Å². The fourth-order valence-electron chi connectivity index (χ4n) is 1.86. The van der Waals surface area contributed by atoms with E-state index in [1.54, 1.807) is 0 Å². The summed E-state index contributed by atoms with van der Waals surface area (Å²) in [5, 5.41) is 0. The molecule has 0 aliphatic carbocycles. The lowest BCUT2D eigenvalue weighted by Crippen LogP contribution is -2.09. The van der Waals surface area contributed by atoms with Crippen LogP contribution in [0.5, 0.6) is 0 Å². The highest BCUT2D eigenvalue weighted by Gasteiger charge is 2.09. The molecular weight excluding hydrogens is 222 g/mol. The Hall–Kier alpha value is -1.93. The standard InChI is InChI=1S/C16H17NO/c1-12(11-17)13-7-9-15(10-8-13)16(18)14-5-3-2-4-6-14/h2-10,12H,11,17H2,1H3. The van der Waals surface area contributed by atoms with Crippen LogP contribution in [0.2, 0.25) is 0 Å². The maximum atomic E-state index is 12.2. The van der Waals surface area contributed by atoms with Gasteiger partial charge < -0.3 is 5.73 Å². The number of hydrogen-bond acceptors (Lipinski definition) is 2. The Morgan fingerprint density at radius 2 is 1.56 bits per heavy atom. The van der Waals surface area contributed by atoms with Crippen molar-refractivity contribution in [3.8, 4) is 0 Å². The summed E-state index contributed by atoms with van der Waals surface area (Å²) in [5.41, 5.74) is 8.23. The van der Waals surface area contributed by atoms with Gasteiger partial charge >= 0.3 is 0 Å². The van der Waals surface area contributed by atoms with Crippen molar-refractivity contribution < 1.29 is 4.79 Å². The van der Waals surface area contributed by atoms with Gasteiger partial charge in [0.25, 0.3) is 0 Å². The van der Waals surface area contributed by atoms with Crippen LogP contribution in [0.25, 0.3) is 0 Å². The topological polar surface area (TPSA) is 43.1 Å². The molecule has 2 N–H and O–H groups in total. The molecule has 1 unspecified atom stereocenters. The molecule has 92 valence electrons. The molecule has 0 heterocycles. The number of ketones is 1. The van der Waals surface area contributed by atoms with Gasteiger partial charge in [0, 0.05) is 11.1 Å². The molecule has 2 nitrogen and oxygen atoms in total. The maximum absolute atomic E-state index is 12.2. The van der Waals surface area contributed by atoms with Crippen molar-refractivity contribution in [1.82, 2.24) is 0 Å². The van der Waals surface area contributed by atoms with Crippen LogP contribution in [0.3, 0.4) is 0 Å². The first-order valence-corrected chi connectivity index (χ1v) is 6.12. The smallest absolute Gasteiger partial charge is 0.193 e. The Balaban J connectivity index is 2.22. The van der Waals surface area contributed by atoms with Crippen molar-refractivity contribution in [3.63, 3.8) is 0 Å². The summed E-state index contributed by atoms with van der Waals surface area (Å²) in [4.78, 5) is 12.2. The minimum Gasteiger partial charge on any atom is -0.330 e. The van der Waals surface area contributed by atoms with Gasteiger partial charge in [-0.3, -0.25) is 4.79 Å². The molecule has 0 aliphatic heterocycles. The van der Waals surface area contributed by atoms with Gasteiger partial charge in [-0.2, -0.15) is 0 Å². The van der Waals surface area contributed by atoms with Gasteiger partial charge in [-0.05, 0) is 18.0 Å². The molecule has 2 heteroatoms. The average Bonchev–Trinajstić information content (AvgIpc) is 2.47. The first-order chi connectivity index (χ1) is 8.72. The van der Waals surface area contributed by atoms with Crippen LogP contribution in [0.1, 0.15) is 34.3 Å². The Kier molecular flexibility index (Phi) is 3.90. The molecule has 0 radical (unpaired) electrons. The van der Waals surface area contributed by atoms with Gasteiger partial charge in [0.15, 0.2) is 5.78 Å². The zero-order valence-corrected chi connectivity index (χ0v) is 10.5. The van der Waals surface area contributed by atoms with Crippen LogP contribution in [0.4, 0.5) is 0 Å². The molecule has 0 amide bonds. The predicted octanol–water partition coefficient (Wildman–Crippen LogP) is 2.98.